The minimum absolute atomic E-state index is 0.254. The van der Waals surface area contributed by atoms with Gasteiger partial charge in [-0.25, -0.2) is 4.79 Å². The number of hydrogen-bond acceptors (Lipinski definition) is 3. The number of carboxylic acid groups (broad SMARTS) is 1. The Bertz CT molecular complexity index is 1070. The van der Waals surface area contributed by atoms with E-state index in [-0.39, 0.29) is 11.3 Å². The molecule has 4 rings (SSSR count). The van der Waals surface area contributed by atoms with Crippen LogP contribution in [-0.2, 0) is 0 Å². The Morgan fingerprint density at radius 3 is 2.23 bits per heavy atom. The van der Waals surface area contributed by atoms with E-state index in [0.717, 1.165) is 21.5 Å². The van der Waals surface area contributed by atoms with Gasteiger partial charge in [-0.3, -0.25) is 10.1 Å². The second-order valence-electron chi connectivity index (χ2n) is 5.19. The van der Waals surface area contributed by atoms with E-state index < -0.39 is 10.9 Å². The fourth-order valence-electron chi connectivity index (χ4n) is 3.16. The highest BCUT2D eigenvalue weighted by Gasteiger charge is 2.25. The third-order valence-corrected chi connectivity index (χ3v) is 4.04. The molecule has 0 fully saturated rings. The molecule has 0 saturated carbocycles. The van der Waals surface area contributed by atoms with Crippen LogP contribution in [0.1, 0.15) is 10.4 Å². The lowest BCUT2D eigenvalue weighted by molar-refractivity contribution is -0.385. The van der Waals surface area contributed by atoms with E-state index in [2.05, 4.69) is 0 Å². The first-order valence-corrected chi connectivity index (χ1v) is 6.66. The summed E-state index contributed by atoms with van der Waals surface area (Å²) in [6.45, 7) is 0. The molecule has 0 saturated heterocycles. The third kappa shape index (κ3) is 1.50. The largest absolute Gasteiger partial charge is 0.477 e. The van der Waals surface area contributed by atoms with Crippen molar-refractivity contribution in [3.63, 3.8) is 0 Å². The zero-order valence-electron chi connectivity index (χ0n) is 11.2. The van der Waals surface area contributed by atoms with Crippen molar-refractivity contribution in [3.05, 3.63) is 64.2 Å². The van der Waals surface area contributed by atoms with Crippen molar-refractivity contribution in [1.82, 2.24) is 0 Å². The summed E-state index contributed by atoms with van der Waals surface area (Å²) in [5.41, 5.74) is -0.630. The molecule has 5 heteroatoms. The van der Waals surface area contributed by atoms with Crippen LogP contribution in [0.25, 0.3) is 32.3 Å². The van der Waals surface area contributed by atoms with E-state index in [1.807, 2.05) is 24.3 Å². The van der Waals surface area contributed by atoms with Crippen molar-refractivity contribution in [2.75, 3.05) is 0 Å². The van der Waals surface area contributed by atoms with Gasteiger partial charge in [0.1, 0.15) is 5.56 Å². The molecule has 0 heterocycles. The van der Waals surface area contributed by atoms with Crippen LogP contribution in [0.3, 0.4) is 0 Å². The van der Waals surface area contributed by atoms with Gasteiger partial charge in [0.15, 0.2) is 0 Å². The summed E-state index contributed by atoms with van der Waals surface area (Å²) in [6.07, 6.45) is 0. The van der Waals surface area contributed by atoms with Crippen molar-refractivity contribution >= 4 is 44.0 Å². The van der Waals surface area contributed by atoms with Crippen molar-refractivity contribution in [3.8, 4) is 0 Å². The molecule has 4 aromatic rings. The summed E-state index contributed by atoms with van der Waals surface area (Å²) in [5.74, 6) is -1.29. The number of nitrogens with zero attached hydrogens (tertiary/aromatic N) is 1. The second-order valence-corrected chi connectivity index (χ2v) is 5.19. The summed E-state index contributed by atoms with van der Waals surface area (Å²) < 4.78 is 0. The highest BCUT2D eigenvalue weighted by Crippen LogP contribution is 2.39. The van der Waals surface area contributed by atoms with Crippen LogP contribution in [0.2, 0.25) is 0 Å². The standard InChI is InChI=1S/C17H9NO4/c19-17(20)16-12-7-6-10-3-1-2-9-4-5-11(15(12)14(9)10)8-13(16)18(21)22/h1-8H,(H,19,20). The van der Waals surface area contributed by atoms with E-state index in [1.165, 1.54) is 6.07 Å². The molecule has 0 aliphatic rings. The van der Waals surface area contributed by atoms with Gasteiger partial charge in [0.05, 0.1) is 4.92 Å². The topological polar surface area (TPSA) is 80.4 Å². The van der Waals surface area contributed by atoms with Gasteiger partial charge >= 0.3 is 5.97 Å². The number of rotatable bonds is 2. The Hall–Kier alpha value is -3.21. The van der Waals surface area contributed by atoms with E-state index >= 15 is 0 Å². The molecule has 106 valence electrons. The molecule has 1 N–H and O–H groups in total. The van der Waals surface area contributed by atoms with E-state index in [4.69, 9.17) is 0 Å². The van der Waals surface area contributed by atoms with Gasteiger partial charge in [0, 0.05) is 11.5 Å². The van der Waals surface area contributed by atoms with Gasteiger partial charge in [-0.1, -0.05) is 42.5 Å². The van der Waals surface area contributed by atoms with Crippen LogP contribution in [0.5, 0.6) is 0 Å². The number of benzene rings is 4. The first-order chi connectivity index (χ1) is 10.6. The Balaban J connectivity index is 2.36. The molecular weight excluding hydrogens is 282 g/mol. The third-order valence-electron chi connectivity index (χ3n) is 4.04. The average Bonchev–Trinajstić information content (AvgIpc) is 2.51. The SMILES string of the molecule is O=C(O)c1c([N+](=O)[O-])cc2ccc3cccc4ccc1c2c34. The molecule has 0 aliphatic carbocycles. The maximum Gasteiger partial charge on any atom is 0.343 e. The molecule has 0 spiro atoms. The number of carbonyl (C=O) groups is 1. The van der Waals surface area contributed by atoms with Gasteiger partial charge in [-0.2, -0.15) is 0 Å². The normalized spacial score (nSPS) is 11.5. The maximum atomic E-state index is 11.6. The molecule has 0 aromatic heterocycles. The van der Waals surface area contributed by atoms with Crippen LogP contribution in [0.15, 0.2) is 48.5 Å². The summed E-state index contributed by atoms with van der Waals surface area (Å²) in [6, 6.07) is 14.3. The van der Waals surface area contributed by atoms with Crippen molar-refractivity contribution in [2.45, 2.75) is 0 Å². The fraction of sp³-hybridized carbons (Fsp3) is 0. The predicted molar refractivity (Wildman–Crippen MR) is 83.8 cm³/mol. The molecule has 0 atom stereocenters. The van der Waals surface area contributed by atoms with E-state index in [1.54, 1.807) is 18.2 Å². The van der Waals surface area contributed by atoms with E-state index in [9.17, 15) is 20.0 Å². The molecule has 4 aromatic carbocycles. The van der Waals surface area contributed by atoms with Crippen LogP contribution in [0.4, 0.5) is 5.69 Å². The molecule has 22 heavy (non-hydrogen) atoms. The number of nitro benzene ring substituents is 1. The summed E-state index contributed by atoms with van der Waals surface area (Å²) in [7, 11) is 0. The van der Waals surface area contributed by atoms with Crippen LogP contribution in [-0.4, -0.2) is 16.0 Å². The lowest BCUT2D eigenvalue weighted by Gasteiger charge is -2.12. The molecule has 0 bridgehead atoms. The molecule has 0 aliphatic heterocycles. The van der Waals surface area contributed by atoms with Crippen LogP contribution >= 0.6 is 0 Å². The Morgan fingerprint density at radius 2 is 1.59 bits per heavy atom. The predicted octanol–water partition coefficient (Wildman–Crippen LogP) is 4.19. The minimum Gasteiger partial charge on any atom is -0.477 e. The Morgan fingerprint density at radius 1 is 0.955 bits per heavy atom. The quantitative estimate of drug-likeness (QED) is 0.341. The van der Waals surface area contributed by atoms with Crippen LogP contribution < -0.4 is 0 Å². The first kappa shape index (κ1) is 12.5. The number of hydrogen-bond donors (Lipinski definition) is 1. The van der Waals surface area contributed by atoms with Crippen LogP contribution in [0, 0.1) is 10.1 Å². The van der Waals surface area contributed by atoms with Gasteiger partial charge in [-0.05, 0) is 26.9 Å². The molecule has 5 nitrogen and oxygen atoms in total. The van der Waals surface area contributed by atoms with Gasteiger partial charge in [0.25, 0.3) is 5.69 Å². The van der Waals surface area contributed by atoms with Gasteiger partial charge in [-0.15, -0.1) is 0 Å². The Kier molecular flexibility index (Phi) is 2.36. The van der Waals surface area contributed by atoms with Crippen molar-refractivity contribution in [1.29, 1.82) is 0 Å². The maximum absolute atomic E-state index is 11.6. The highest BCUT2D eigenvalue weighted by atomic mass is 16.6. The lowest BCUT2D eigenvalue weighted by Crippen LogP contribution is -2.04. The zero-order chi connectivity index (χ0) is 15.4. The van der Waals surface area contributed by atoms with Crippen molar-refractivity contribution in [2.24, 2.45) is 0 Å². The Labute approximate surface area is 123 Å². The monoisotopic (exact) mass is 291 g/mol. The molecular formula is C17H9NO4. The van der Waals surface area contributed by atoms with Gasteiger partial charge in [0.2, 0.25) is 0 Å². The van der Waals surface area contributed by atoms with Crippen molar-refractivity contribution < 1.29 is 14.8 Å². The average molecular weight is 291 g/mol. The first-order valence-electron chi connectivity index (χ1n) is 6.66. The lowest BCUT2D eigenvalue weighted by atomic mass is 9.91. The summed E-state index contributed by atoms with van der Waals surface area (Å²) >= 11 is 0. The summed E-state index contributed by atoms with van der Waals surface area (Å²) in [4.78, 5) is 22.2. The molecule has 0 amide bonds. The highest BCUT2D eigenvalue weighted by molar-refractivity contribution is 6.27. The molecule has 0 radical (unpaired) electrons. The molecule has 0 unspecified atom stereocenters. The zero-order valence-corrected chi connectivity index (χ0v) is 11.2. The summed E-state index contributed by atoms with van der Waals surface area (Å²) in [5, 5.41) is 25.4. The number of nitro groups is 1. The second kappa shape index (κ2) is 4.14. The van der Waals surface area contributed by atoms with Gasteiger partial charge < -0.3 is 5.11 Å². The minimum atomic E-state index is -1.29. The number of aromatic carboxylic acids is 1. The smallest absolute Gasteiger partial charge is 0.343 e. The fourth-order valence-corrected chi connectivity index (χ4v) is 3.16. The van der Waals surface area contributed by atoms with E-state index in [0.29, 0.717) is 10.8 Å². The number of carboxylic acids is 1.